The SMILES string of the molecule is Cc1cc(Nc2n[nH]c(-c3ccccc3)n2)cc(N2CCN(C)C(=O)C2)c1. The number of carbonyl (C=O) groups excluding carboxylic acids is 1. The highest BCUT2D eigenvalue weighted by molar-refractivity contribution is 5.83. The third kappa shape index (κ3) is 3.76. The molecule has 1 aliphatic rings. The molecule has 2 N–H and O–H groups in total. The Labute approximate surface area is 158 Å². The number of amides is 1. The molecule has 7 nitrogen and oxygen atoms in total. The third-order valence-electron chi connectivity index (χ3n) is 4.67. The summed E-state index contributed by atoms with van der Waals surface area (Å²) in [5.41, 5.74) is 4.02. The number of rotatable bonds is 4. The number of carbonyl (C=O) groups is 1. The monoisotopic (exact) mass is 362 g/mol. The molecule has 0 unspecified atom stereocenters. The van der Waals surface area contributed by atoms with Gasteiger partial charge in [-0.1, -0.05) is 30.3 Å². The van der Waals surface area contributed by atoms with Crippen LogP contribution in [0.3, 0.4) is 0 Å². The van der Waals surface area contributed by atoms with Crippen LogP contribution in [0.1, 0.15) is 5.56 Å². The van der Waals surface area contributed by atoms with E-state index in [1.54, 1.807) is 4.90 Å². The van der Waals surface area contributed by atoms with Crippen LogP contribution in [0.2, 0.25) is 0 Å². The maximum Gasteiger partial charge on any atom is 0.246 e. The van der Waals surface area contributed by atoms with Gasteiger partial charge < -0.3 is 15.1 Å². The molecule has 0 bridgehead atoms. The molecule has 0 radical (unpaired) electrons. The van der Waals surface area contributed by atoms with Crippen molar-refractivity contribution in [1.29, 1.82) is 0 Å². The first kappa shape index (κ1) is 17.1. The van der Waals surface area contributed by atoms with Crippen molar-refractivity contribution in [3.63, 3.8) is 0 Å². The molecular formula is C20H22N6O. The van der Waals surface area contributed by atoms with Crippen LogP contribution < -0.4 is 10.2 Å². The Balaban J connectivity index is 1.54. The summed E-state index contributed by atoms with van der Waals surface area (Å²) in [5, 5.41) is 10.5. The van der Waals surface area contributed by atoms with Crippen molar-refractivity contribution in [2.24, 2.45) is 0 Å². The van der Waals surface area contributed by atoms with Crippen molar-refractivity contribution in [2.75, 3.05) is 36.9 Å². The molecule has 7 heteroatoms. The van der Waals surface area contributed by atoms with Crippen molar-refractivity contribution in [1.82, 2.24) is 20.1 Å². The number of aromatic amines is 1. The molecule has 1 saturated heterocycles. The van der Waals surface area contributed by atoms with Crippen LogP contribution in [0.4, 0.5) is 17.3 Å². The van der Waals surface area contributed by atoms with E-state index in [4.69, 9.17) is 0 Å². The van der Waals surface area contributed by atoms with Gasteiger partial charge in [-0.25, -0.2) is 0 Å². The lowest BCUT2D eigenvalue weighted by molar-refractivity contribution is -0.129. The minimum Gasteiger partial charge on any atom is -0.360 e. The molecule has 138 valence electrons. The molecule has 1 fully saturated rings. The van der Waals surface area contributed by atoms with Gasteiger partial charge >= 0.3 is 0 Å². The van der Waals surface area contributed by atoms with Gasteiger partial charge in [-0.05, 0) is 30.7 Å². The summed E-state index contributed by atoms with van der Waals surface area (Å²) in [7, 11) is 1.84. The number of nitrogens with zero attached hydrogens (tertiary/aromatic N) is 4. The van der Waals surface area contributed by atoms with E-state index in [-0.39, 0.29) is 5.91 Å². The second-order valence-corrected chi connectivity index (χ2v) is 6.79. The summed E-state index contributed by atoms with van der Waals surface area (Å²) in [6, 6.07) is 16.0. The van der Waals surface area contributed by atoms with Crippen LogP contribution in [0, 0.1) is 6.92 Å². The van der Waals surface area contributed by atoms with E-state index < -0.39 is 0 Å². The van der Waals surface area contributed by atoms with E-state index in [0.717, 1.165) is 41.4 Å². The average molecular weight is 362 g/mol. The lowest BCUT2D eigenvalue weighted by atomic mass is 10.1. The Bertz CT molecular complexity index is 952. The van der Waals surface area contributed by atoms with Crippen molar-refractivity contribution in [3.8, 4) is 11.4 Å². The number of likely N-dealkylation sites (N-methyl/N-ethyl adjacent to an activating group) is 1. The Morgan fingerprint density at radius 2 is 1.93 bits per heavy atom. The number of hydrogen-bond acceptors (Lipinski definition) is 5. The second kappa shape index (κ2) is 7.11. The zero-order valence-corrected chi connectivity index (χ0v) is 15.4. The van der Waals surface area contributed by atoms with E-state index in [0.29, 0.717) is 12.5 Å². The lowest BCUT2D eigenvalue weighted by Gasteiger charge is -2.33. The molecule has 0 saturated carbocycles. The first-order chi connectivity index (χ1) is 13.1. The van der Waals surface area contributed by atoms with Crippen LogP contribution in [-0.4, -0.2) is 52.7 Å². The molecule has 1 aliphatic heterocycles. The number of aromatic nitrogens is 3. The number of nitrogens with one attached hydrogen (secondary N) is 2. The minimum atomic E-state index is 0.138. The van der Waals surface area contributed by atoms with Gasteiger partial charge in [0.15, 0.2) is 5.82 Å². The van der Waals surface area contributed by atoms with Crippen LogP contribution in [0.15, 0.2) is 48.5 Å². The van der Waals surface area contributed by atoms with Gasteiger partial charge in [0, 0.05) is 37.1 Å². The van der Waals surface area contributed by atoms with Gasteiger partial charge in [0.05, 0.1) is 6.54 Å². The number of aryl methyl sites for hydroxylation is 1. The van der Waals surface area contributed by atoms with Crippen molar-refractivity contribution in [2.45, 2.75) is 6.92 Å². The highest BCUT2D eigenvalue weighted by Gasteiger charge is 2.21. The summed E-state index contributed by atoms with van der Waals surface area (Å²) in [4.78, 5) is 20.4. The van der Waals surface area contributed by atoms with Gasteiger partial charge in [-0.15, -0.1) is 5.10 Å². The molecule has 2 aromatic carbocycles. The van der Waals surface area contributed by atoms with E-state index >= 15 is 0 Å². The maximum absolute atomic E-state index is 12.0. The van der Waals surface area contributed by atoms with Crippen LogP contribution in [0.25, 0.3) is 11.4 Å². The fourth-order valence-corrected chi connectivity index (χ4v) is 3.17. The van der Waals surface area contributed by atoms with E-state index in [1.807, 2.05) is 56.4 Å². The standard InChI is InChI=1S/C20H22N6O/c1-14-10-16(12-17(11-14)26-9-8-25(2)18(27)13-26)21-20-22-19(23-24-20)15-6-4-3-5-7-15/h3-7,10-12H,8-9,13H2,1-2H3,(H2,21,22,23,24). The molecule has 1 amide bonds. The smallest absolute Gasteiger partial charge is 0.246 e. The molecule has 3 aromatic rings. The largest absolute Gasteiger partial charge is 0.360 e. The number of hydrogen-bond donors (Lipinski definition) is 2. The minimum absolute atomic E-state index is 0.138. The zero-order valence-electron chi connectivity index (χ0n) is 15.4. The normalized spacial score (nSPS) is 14.5. The summed E-state index contributed by atoms with van der Waals surface area (Å²) in [6.45, 7) is 4.00. The quantitative estimate of drug-likeness (QED) is 0.746. The summed E-state index contributed by atoms with van der Waals surface area (Å²) >= 11 is 0. The third-order valence-corrected chi connectivity index (χ3v) is 4.67. The fraction of sp³-hybridized carbons (Fsp3) is 0.250. The van der Waals surface area contributed by atoms with Crippen LogP contribution in [-0.2, 0) is 4.79 Å². The molecule has 27 heavy (non-hydrogen) atoms. The van der Waals surface area contributed by atoms with Crippen molar-refractivity contribution in [3.05, 3.63) is 54.1 Å². The molecule has 0 spiro atoms. The molecule has 0 atom stereocenters. The molecule has 2 heterocycles. The second-order valence-electron chi connectivity index (χ2n) is 6.79. The lowest BCUT2D eigenvalue weighted by Crippen LogP contribution is -2.48. The predicted octanol–water partition coefficient (Wildman–Crippen LogP) is 2.80. The van der Waals surface area contributed by atoms with Crippen molar-refractivity contribution >= 4 is 23.2 Å². The summed E-state index contributed by atoms with van der Waals surface area (Å²) < 4.78 is 0. The van der Waals surface area contributed by atoms with E-state index in [1.165, 1.54) is 0 Å². The predicted molar refractivity (Wildman–Crippen MR) is 106 cm³/mol. The molecule has 0 aliphatic carbocycles. The Hall–Kier alpha value is -3.35. The molecule has 4 rings (SSSR count). The summed E-state index contributed by atoms with van der Waals surface area (Å²) in [5.74, 6) is 1.37. The number of piperazine rings is 1. The average Bonchev–Trinajstić information content (AvgIpc) is 3.13. The highest BCUT2D eigenvalue weighted by atomic mass is 16.2. The fourth-order valence-electron chi connectivity index (χ4n) is 3.17. The van der Waals surface area contributed by atoms with E-state index in [2.05, 4.69) is 31.5 Å². The van der Waals surface area contributed by atoms with Gasteiger partial charge in [0.25, 0.3) is 0 Å². The Morgan fingerprint density at radius 3 is 2.70 bits per heavy atom. The van der Waals surface area contributed by atoms with Gasteiger partial charge in [0.1, 0.15) is 0 Å². The Morgan fingerprint density at radius 1 is 1.11 bits per heavy atom. The molecular weight excluding hydrogens is 340 g/mol. The number of benzene rings is 2. The first-order valence-electron chi connectivity index (χ1n) is 8.94. The first-order valence-corrected chi connectivity index (χ1v) is 8.94. The Kier molecular flexibility index (Phi) is 4.50. The molecule has 1 aromatic heterocycles. The van der Waals surface area contributed by atoms with Crippen LogP contribution in [0.5, 0.6) is 0 Å². The van der Waals surface area contributed by atoms with Gasteiger partial charge in [0.2, 0.25) is 11.9 Å². The topological polar surface area (TPSA) is 77.2 Å². The zero-order chi connectivity index (χ0) is 18.8. The van der Waals surface area contributed by atoms with Crippen LogP contribution >= 0.6 is 0 Å². The number of H-pyrrole nitrogens is 1. The van der Waals surface area contributed by atoms with Gasteiger partial charge in [-0.3, -0.25) is 9.89 Å². The maximum atomic E-state index is 12.0. The highest BCUT2D eigenvalue weighted by Crippen LogP contribution is 2.25. The summed E-state index contributed by atoms with van der Waals surface area (Å²) in [6.07, 6.45) is 0. The van der Waals surface area contributed by atoms with E-state index in [9.17, 15) is 4.79 Å². The van der Waals surface area contributed by atoms with Crippen molar-refractivity contribution < 1.29 is 4.79 Å². The number of anilines is 3. The van der Waals surface area contributed by atoms with Gasteiger partial charge in [-0.2, -0.15) is 4.98 Å².